The molecule has 1 aliphatic rings. The smallest absolute Gasteiger partial charge is 0.275 e. The van der Waals surface area contributed by atoms with E-state index >= 15 is 0 Å². The molecule has 0 radical (unpaired) electrons. The van der Waals surface area contributed by atoms with E-state index in [4.69, 9.17) is 0 Å². The lowest BCUT2D eigenvalue weighted by Crippen LogP contribution is -2.35. The number of hydrogen-bond donors (Lipinski definition) is 2. The van der Waals surface area contributed by atoms with Crippen LogP contribution in [0, 0.1) is 12.8 Å². The summed E-state index contributed by atoms with van der Waals surface area (Å²) in [4.78, 5) is 24.6. The fourth-order valence-electron chi connectivity index (χ4n) is 3.18. The van der Waals surface area contributed by atoms with Crippen LogP contribution in [0.25, 0.3) is 5.69 Å². The minimum Gasteiger partial charge on any atom is -0.351 e. The van der Waals surface area contributed by atoms with E-state index < -0.39 is 5.91 Å². The van der Waals surface area contributed by atoms with Crippen molar-refractivity contribution in [1.29, 1.82) is 0 Å². The number of rotatable bonds is 5. The molecule has 26 heavy (non-hydrogen) atoms. The molecule has 1 aromatic heterocycles. The number of benzene rings is 1. The van der Waals surface area contributed by atoms with Crippen molar-refractivity contribution in [2.24, 2.45) is 5.92 Å². The second-order valence-corrected chi connectivity index (χ2v) is 6.50. The van der Waals surface area contributed by atoms with Crippen LogP contribution >= 0.6 is 12.4 Å². The highest BCUT2D eigenvalue weighted by molar-refractivity contribution is 5.92. The molecule has 2 aromatic rings. The molecule has 3 rings (SSSR count). The first-order valence-electron chi connectivity index (χ1n) is 8.80. The number of carbonyl (C=O) groups is 1. The van der Waals surface area contributed by atoms with Crippen LogP contribution in [0.15, 0.2) is 41.2 Å². The summed E-state index contributed by atoms with van der Waals surface area (Å²) >= 11 is 0. The number of amides is 1. The minimum atomic E-state index is -0.404. The lowest BCUT2D eigenvalue weighted by atomic mass is 9.96. The van der Waals surface area contributed by atoms with Crippen LogP contribution in [0.2, 0.25) is 0 Å². The molecule has 1 atom stereocenters. The van der Waals surface area contributed by atoms with Gasteiger partial charge in [0, 0.05) is 18.3 Å². The highest BCUT2D eigenvalue weighted by Gasteiger charge is 2.17. The van der Waals surface area contributed by atoms with E-state index in [1.54, 1.807) is 11.6 Å². The second kappa shape index (κ2) is 9.50. The predicted molar refractivity (Wildman–Crippen MR) is 104 cm³/mol. The standard InChI is InChI=1S/C19H24N4O2.ClH/c1-14-12-17(24)18(22-23(14)16-7-3-2-4-8-16)19(25)21-11-9-15-6-5-10-20-13-15;/h2-4,7-8,12,15,20H,5-6,9-11,13H2,1H3,(H,21,25);1H. The van der Waals surface area contributed by atoms with Gasteiger partial charge in [-0.15, -0.1) is 12.4 Å². The minimum absolute atomic E-state index is 0. The van der Waals surface area contributed by atoms with Crippen LogP contribution in [0.3, 0.4) is 0 Å². The van der Waals surface area contributed by atoms with Crippen LogP contribution in [0.1, 0.15) is 35.4 Å². The van der Waals surface area contributed by atoms with Crippen LogP contribution in [-0.2, 0) is 0 Å². The SMILES string of the molecule is Cc1cc(=O)c(C(=O)NCCC2CCCNC2)nn1-c1ccccc1.Cl. The van der Waals surface area contributed by atoms with Crippen molar-refractivity contribution in [2.45, 2.75) is 26.2 Å². The van der Waals surface area contributed by atoms with Gasteiger partial charge in [0.1, 0.15) is 0 Å². The van der Waals surface area contributed by atoms with Gasteiger partial charge in [0.15, 0.2) is 5.69 Å². The molecule has 1 aromatic carbocycles. The molecule has 0 spiro atoms. The number of aryl methyl sites for hydroxylation is 1. The van der Waals surface area contributed by atoms with Crippen LogP contribution < -0.4 is 16.1 Å². The summed E-state index contributed by atoms with van der Waals surface area (Å²) in [7, 11) is 0. The number of halogens is 1. The van der Waals surface area contributed by atoms with Crippen molar-refractivity contribution in [2.75, 3.05) is 19.6 Å². The second-order valence-electron chi connectivity index (χ2n) is 6.50. The molecule has 6 nitrogen and oxygen atoms in total. The molecule has 1 amide bonds. The molecule has 0 saturated carbocycles. The molecule has 140 valence electrons. The molecule has 2 heterocycles. The highest BCUT2D eigenvalue weighted by Crippen LogP contribution is 2.13. The monoisotopic (exact) mass is 376 g/mol. The zero-order chi connectivity index (χ0) is 17.6. The maximum absolute atomic E-state index is 12.4. The van der Waals surface area contributed by atoms with E-state index in [-0.39, 0.29) is 23.5 Å². The number of carbonyl (C=O) groups excluding carboxylic acids is 1. The topological polar surface area (TPSA) is 76.0 Å². The van der Waals surface area contributed by atoms with E-state index in [2.05, 4.69) is 15.7 Å². The Labute approximate surface area is 159 Å². The molecule has 2 N–H and O–H groups in total. The zero-order valence-corrected chi connectivity index (χ0v) is 15.7. The van der Waals surface area contributed by atoms with Gasteiger partial charge in [0.25, 0.3) is 5.91 Å². The fraction of sp³-hybridized carbons (Fsp3) is 0.421. The molecule has 1 fully saturated rings. The fourth-order valence-corrected chi connectivity index (χ4v) is 3.18. The highest BCUT2D eigenvalue weighted by atomic mass is 35.5. The van der Waals surface area contributed by atoms with Crippen LogP contribution in [0.5, 0.6) is 0 Å². The third-order valence-electron chi connectivity index (χ3n) is 4.56. The summed E-state index contributed by atoms with van der Waals surface area (Å²) in [6.07, 6.45) is 3.28. The Balaban J connectivity index is 0.00000243. The Bertz CT molecular complexity index is 786. The van der Waals surface area contributed by atoms with Gasteiger partial charge in [-0.3, -0.25) is 9.59 Å². The molecular weight excluding hydrogens is 352 g/mol. The van der Waals surface area contributed by atoms with Gasteiger partial charge in [-0.25, -0.2) is 4.68 Å². The van der Waals surface area contributed by atoms with Crippen molar-refractivity contribution in [3.63, 3.8) is 0 Å². The van der Waals surface area contributed by atoms with Crippen molar-refractivity contribution in [1.82, 2.24) is 20.4 Å². The lowest BCUT2D eigenvalue weighted by Gasteiger charge is -2.22. The number of nitrogens with zero attached hydrogens (tertiary/aromatic N) is 2. The van der Waals surface area contributed by atoms with E-state index in [1.807, 2.05) is 30.3 Å². The Kier molecular flexibility index (Phi) is 7.36. The Morgan fingerprint density at radius 1 is 1.35 bits per heavy atom. The van der Waals surface area contributed by atoms with Crippen molar-refractivity contribution in [3.8, 4) is 5.69 Å². The average molecular weight is 377 g/mol. The molecular formula is C19H25ClN4O2. The molecule has 7 heteroatoms. The Morgan fingerprint density at radius 3 is 2.81 bits per heavy atom. The van der Waals surface area contributed by atoms with Gasteiger partial charge in [-0.2, -0.15) is 5.10 Å². The molecule has 0 aliphatic carbocycles. The third-order valence-corrected chi connectivity index (χ3v) is 4.56. The number of hydrogen-bond acceptors (Lipinski definition) is 4. The van der Waals surface area contributed by atoms with Crippen molar-refractivity contribution < 1.29 is 4.79 Å². The molecule has 0 bridgehead atoms. The number of aromatic nitrogens is 2. The number of piperidine rings is 1. The van der Waals surface area contributed by atoms with Gasteiger partial charge in [-0.05, 0) is 57.3 Å². The van der Waals surface area contributed by atoms with Crippen molar-refractivity contribution in [3.05, 3.63) is 58.0 Å². The number of nitrogens with one attached hydrogen (secondary N) is 2. The first kappa shape index (κ1) is 20.1. The predicted octanol–water partition coefficient (Wildman–Crippen LogP) is 2.08. The summed E-state index contributed by atoms with van der Waals surface area (Å²) in [5, 5.41) is 10.5. The summed E-state index contributed by atoms with van der Waals surface area (Å²) in [5.74, 6) is 0.180. The average Bonchev–Trinajstić information content (AvgIpc) is 2.63. The molecule has 1 aliphatic heterocycles. The Morgan fingerprint density at radius 2 is 2.12 bits per heavy atom. The summed E-state index contributed by atoms with van der Waals surface area (Å²) in [6, 6.07) is 10.9. The van der Waals surface area contributed by atoms with E-state index in [9.17, 15) is 9.59 Å². The third kappa shape index (κ3) is 4.93. The molecule has 1 saturated heterocycles. The van der Waals surface area contributed by atoms with Gasteiger partial charge >= 0.3 is 0 Å². The maximum Gasteiger partial charge on any atom is 0.275 e. The van der Waals surface area contributed by atoms with Gasteiger partial charge in [0.05, 0.1) is 5.69 Å². The van der Waals surface area contributed by atoms with Gasteiger partial charge in [0.2, 0.25) is 5.43 Å². The number of para-hydroxylation sites is 1. The summed E-state index contributed by atoms with van der Waals surface area (Å²) < 4.78 is 1.63. The summed E-state index contributed by atoms with van der Waals surface area (Å²) in [5.41, 5.74) is 1.11. The maximum atomic E-state index is 12.4. The first-order valence-corrected chi connectivity index (χ1v) is 8.80. The van der Waals surface area contributed by atoms with Gasteiger partial charge < -0.3 is 10.6 Å². The zero-order valence-electron chi connectivity index (χ0n) is 14.9. The van der Waals surface area contributed by atoms with E-state index in [1.165, 1.54) is 18.9 Å². The quantitative estimate of drug-likeness (QED) is 0.837. The van der Waals surface area contributed by atoms with Crippen LogP contribution in [0.4, 0.5) is 0 Å². The normalized spacial score (nSPS) is 16.6. The van der Waals surface area contributed by atoms with Crippen molar-refractivity contribution >= 4 is 18.3 Å². The van der Waals surface area contributed by atoms with Gasteiger partial charge in [-0.1, -0.05) is 18.2 Å². The molecule has 1 unspecified atom stereocenters. The Hall–Kier alpha value is -2.18. The van der Waals surface area contributed by atoms with E-state index in [0.29, 0.717) is 18.2 Å². The van der Waals surface area contributed by atoms with E-state index in [0.717, 1.165) is 25.2 Å². The lowest BCUT2D eigenvalue weighted by molar-refractivity contribution is 0.0942. The first-order chi connectivity index (χ1) is 12.1. The summed E-state index contributed by atoms with van der Waals surface area (Å²) in [6.45, 7) is 4.44. The van der Waals surface area contributed by atoms with Crippen LogP contribution in [-0.4, -0.2) is 35.3 Å². The largest absolute Gasteiger partial charge is 0.351 e.